The van der Waals surface area contributed by atoms with Crippen LogP contribution in [0.4, 0.5) is 14.0 Å². The molecule has 1 saturated heterocycles. The molecule has 2 aromatic carbocycles. The van der Waals surface area contributed by atoms with Gasteiger partial charge in [-0.1, -0.05) is 36.4 Å². The van der Waals surface area contributed by atoms with E-state index in [4.69, 9.17) is 4.74 Å². The normalized spacial score (nSPS) is 19.0. The van der Waals surface area contributed by atoms with Gasteiger partial charge in [-0.05, 0) is 62.4 Å². The highest BCUT2D eigenvalue weighted by Crippen LogP contribution is 2.36. The van der Waals surface area contributed by atoms with E-state index in [1.165, 1.54) is 17.7 Å². The van der Waals surface area contributed by atoms with Crippen molar-refractivity contribution in [3.05, 3.63) is 71.0 Å². The lowest BCUT2D eigenvalue weighted by Gasteiger charge is -2.40. The molecule has 33 heavy (non-hydrogen) atoms. The highest BCUT2D eigenvalue weighted by Gasteiger charge is 2.35. The van der Waals surface area contributed by atoms with Crippen LogP contribution in [0.1, 0.15) is 49.9 Å². The first-order valence-corrected chi connectivity index (χ1v) is 11.6. The second kappa shape index (κ2) is 9.41. The molecular weight excluding hydrogens is 421 g/mol. The number of carbonyl (C=O) groups is 2. The van der Waals surface area contributed by atoms with Gasteiger partial charge in [-0.3, -0.25) is 0 Å². The van der Waals surface area contributed by atoms with Gasteiger partial charge in [0, 0.05) is 32.7 Å². The van der Waals surface area contributed by atoms with E-state index in [0.29, 0.717) is 39.1 Å². The zero-order valence-electron chi connectivity index (χ0n) is 19.6. The van der Waals surface area contributed by atoms with Crippen molar-refractivity contribution in [3.63, 3.8) is 0 Å². The molecule has 1 atom stereocenters. The molecule has 0 saturated carbocycles. The number of hydrogen-bond donors (Lipinski definition) is 0. The van der Waals surface area contributed by atoms with Crippen LogP contribution in [0.25, 0.3) is 0 Å². The minimum Gasteiger partial charge on any atom is -0.444 e. The number of ether oxygens (including phenoxy) is 1. The minimum absolute atomic E-state index is 0.0510. The highest BCUT2D eigenvalue weighted by atomic mass is 19.1. The molecule has 1 unspecified atom stereocenters. The number of rotatable bonds is 1. The van der Waals surface area contributed by atoms with Crippen molar-refractivity contribution in [3.8, 4) is 0 Å². The molecule has 2 aliphatic heterocycles. The van der Waals surface area contributed by atoms with Crippen molar-refractivity contribution in [1.82, 2.24) is 14.7 Å². The third-order valence-corrected chi connectivity index (χ3v) is 6.13. The maximum absolute atomic E-state index is 13.7. The predicted octanol–water partition coefficient (Wildman–Crippen LogP) is 4.84. The monoisotopic (exact) mass is 453 g/mol. The Balaban J connectivity index is 1.54. The van der Waals surface area contributed by atoms with Crippen LogP contribution in [-0.2, 0) is 11.2 Å². The maximum Gasteiger partial charge on any atom is 0.410 e. The molecule has 7 heteroatoms. The fraction of sp³-hybridized carbons (Fsp3) is 0.462. The molecule has 2 aliphatic rings. The van der Waals surface area contributed by atoms with Crippen molar-refractivity contribution < 1.29 is 18.7 Å². The van der Waals surface area contributed by atoms with Crippen molar-refractivity contribution in [1.29, 1.82) is 0 Å². The second-order valence-electron chi connectivity index (χ2n) is 9.69. The molecule has 1 fully saturated rings. The van der Waals surface area contributed by atoms with Crippen molar-refractivity contribution >= 4 is 12.1 Å². The Morgan fingerprint density at radius 3 is 2.30 bits per heavy atom. The van der Waals surface area contributed by atoms with Gasteiger partial charge in [-0.15, -0.1) is 0 Å². The number of nitrogens with zero attached hydrogens (tertiary/aromatic N) is 3. The van der Waals surface area contributed by atoms with Crippen LogP contribution < -0.4 is 0 Å². The summed E-state index contributed by atoms with van der Waals surface area (Å²) in [6.45, 7) is 8.16. The van der Waals surface area contributed by atoms with Gasteiger partial charge < -0.3 is 19.4 Å². The molecule has 0 aliphatic carbocycles. The topological polar surface area (TPSA) is 53.1 Å². The van der Waals surface area contributed by atoms with Crippen molar-refractivity contribution in [2.24, 2.45) is 0 Å². The first-order chi connectivity index (χ1) is 15.7. The van der Waals surface area contributed by atoms with Gasteiger partial charge in [-0.2, -0.15) is 0 Å². The Morgan fingerprint density at radius 1 is 0.909 bits per heavy atom. The number of benzene rings is 2. The van der Waals surface area contributed by atoms with E-state index in [1.807, 2.05) is 42.7 Å². The van der Waals surface area contributed by atoms with Gasteiger partial charge in [0.15, 0.2) is 0 Å². The van der Waals surface area contributed by atoms with E-state index in [0.717, 1.165) is 17.5 Å². The summed E-state index contributed by atoms with van der Waals surface area (Å²) in [5.41, 5.74) is 2.63. The van der Waals surface area contributed by atoms with E-state index < -0.39 is 5.60 Å². The summed E-state index contributed by atoms with van der Waals surface area (Å²) in [7, 11) is 0. The number of hydrogen-bond acceptors (Lipinski definition) is 3. The third-order valence-electron chi connectivity index (χ3n) is 6.13. The summed E-state index contributed by atoms with van der Waals surface area (Å²) >= 11 is 0. The lowest BCUT2D eigenvalue weighted by Crippen LogP contribution is -2.49. The van der Waals surface area contributed by atoms with E-state index >= 15 is 0 Å². The van der Waals surface area contributed by atoms with Crippen molar-refractivity contribution in [2.45, 2.75) is 45.3 Å². The second-order valence-corrected chi connectivity index (χ2v) is 9.69. The van der Waals surface area contributed by atoms with Crippen LogP contribution in [0, 0.1) is 5.82 Å². The highest BCUT2D eigenvalue weighted by molar-refractivity contribution is 5.76. The van der Waals surface area contributed by atoms with E-state index in [1.54, 1.807) is 17.0 Å². The first-order valence-electron chi connectivity index (χ1n) is 11.6. The summed E-state index contributed by atoms with van der Waals surface area (Å²) in [5, 5.41) is 0. The van der Waals surface area contributed by atoms with Crippen LogP contribution >= 0.6 is 0 Å². The molecule has 0 N–H and O–H groups in total. The van der Waals surface area contributed by atoms with Crippen molar-refractivity contribution in [2.75, 3.05) is 32.7 Å². The van der Waals surface area contributed by atoms with Crippen LogP contribution in [0.15, 0.2) is 48.5 Å². The van der Waals surface area contributed by atoms with Gasteiger partial charge in [0.2, 0.25) is 0 Å². The number of amides is 3. The molecule has 0 spiro atoms. The lowest BCUT2D eigenvalue weighted by atomic mass is 9.88. The Kier molecular flexibility index (Phi) is 6.58. The van der Waals surface area contributed by atoms with Crippen LogP contribution in [0.2, 0.25) is 0 Å². The number of halogens is 1. The Hall–Kier alpha value is -3.09. The maximum atomic E-state index is 13.7. The average molecular weight is 454 g/mol. The molecule has 6 nitrogen and oxygen atoms in total. The zero-order chi connectivity index (χ0) is 23.6. The van der Waals surface area contributed by atoms with E-state index in [2.05, 4.69) is 12.1 Å². The fourth-order valence-corrected chi connectivity index (χ4v) is 4.58. The summed E-state index contributed by atoms with van der Waals surface area (Å²) in [6.07, 6.45) is 1.13. The molecular formula is C26H32FN3O3. The Morgan fingerprint density at radius 2 is 1.58 bits per heavy atom. The van der Waals surface area contributed by atoms with E-state index in [9.17, 15) is 14.0 Å². The molecule has 0 bridgehead atoms. The molecule has 176 valence electrons. The number of carbonyl (C=O) groups excluding carboxylic acids is 2. The van der Waals surface area contributed by atoms with Gasteiger partial charge in [0.05, 0.1) is 6.04 Å². The molecule has 0 radical (unpaired) electrons. The standard InChI is InChI=1S/C26H32FN3O3/c1-26(2,3)33-25(32)29-15-6-14-28(17-18-29)24(31)30-16-13-19-7-4-5-8-22(19)23(30)20-9-11-21(27)12-10-20/h4-5,7-12,23H,6,13-18H2,1-3H3. The molecule has 2 aromatic rings. The third kappa shape index (κ3) is 5.29. The van der Waals surface area contributed by atoms with Crippen LogP contribution in [0.3, 0.4) is 0 Å². The Bertz CT molecular complexity index is 1000. The van der Waals surface area contributed by atoms with Gasteiger partial charge in [-0.25, -0.2) is 14.0 Å². The SMILES string of the molecule is CC(C)(C)OC(=O)N1CCCN(C(=O)N2CCc3ccccc3C2c2ccc(F)cc2)CC1. The Labute approximate surface area is 194 Å². The van der Waals surface area contributed by atoms with Gasteiger partial charge in [0.25, 0.3) is 0 Å². The predicted molar refractivity (Wildman–Crippen MR) is 124 cm³/mol. The summed E-state index contributed by atoms with van der Waals surface area (Å²) in [5.74, 6) is -0.296. The number of urea groups is 1. The quantitative estimate of drug-likeness (QED) is 0.621. The first kappa shape index (κ1) is 23.1. The largest absolute Gasteiger partial charge is 0.444 e. The molecule has 0 aromatic heterocycles. The smallest absolute Gasteiger partial charge is 0.410 e. The van der Waals surface area contributed by atoms with Crippen LogP contribution in [-0.4, -0.2) is 65.1 Å². The zero-order valence-corrected chi connectivity index (χ0v) is 19.6. The molecule has 4 rings (SSSR count). The summed E-state index contributed by atoms with van der Waals surface area (Å²) < 4.78 is 19.1. The summed E-state index contributed by atoms with van der Waals surface area (Å²) in [4.78, 5) is 31.6. The minimum atomic E-state index is -0.553. The molecule has 2 heterocycles. The van der Waals surface area contributed by atoms with Gasteiger partial charge >= 0.3 is 12.1 Å². The summed E-state index contributed by atoms with van der Waals surface area (Å²) in [6, 6.07) is 14.2. The number of fused-ring (bicyclic) bond motifs is 1. The lowest BCUT2D eigenvalue weighted by molar-refractivity contribution is 0.0257. The van der Waals surface area contributed by atoms with E-state index in [-0.39, 0.29) is 24.0 Å². The molecule has 3 amide bonds. The van der Waals surface area contributed by atoms with Gasteiger partial charge in [0.1, 0.15) is 11.4 Å². The fourth-order valence-electron chi connectivity index (χ4n) is 4.58. The average Bonchev–Trinajstić information content (AvgIpc) is 3.04. The van der Waals surface area contributed by atoms with Crippen LogP contribution in [0.5, 0.6) is 0 Å².